The molecule has 0 bridgehead atoms. The van der Waals surface area contributed by atoms with Gasteiger partial charge in [-0.05, 0) is 5.92 Å². The monoisotopic (exact) mass is 231 g/mol. The molecule has 0 fully saturated rings. The van der Waals surface area contributed by atoms with Crippen LogP contribution in [0.3, 0.4) is 0 Å². The molecule has 0 saturated heterocycles. The summed E-state index contributed by atoms with van der Waals surface area (Å²) in [5.74, 6) is -1.24. The number of carbonyl (C=O) groups is 2. The number of aliphatic hydroxyl groups is 1. The third-order valence-corrected chi connectivity index (χ3v) is 2.25. The van der Waals surface area contributed by atoms with Crippen molar-refractivity contribution in [1.29, 1.82) is 0 Å². The predicted molar refractivity (Wildman–Crippen MR) is 59.9 cm³/mol. The van der Waals surface area contributed by atoms with Crippen LogP contribution in [0.4, 0.5) is 0 Å². The molecule has 0 aromatic rings. The molecule has 1 unspecified atom stereocenters. The van der Waals surface area contributed by atoms with Gasteiger partial charge in [-0.25, -0.2) is 0 Å². The zero-order valence-corrected chi connectivity index (χ0v) is 10.1. The fourth-order valence-corrected chi connectivity index (χ4v) is 1.15. The van der Waals surface area contributed by atoms with E-state index < -0.39 is 5.97 Å². The Morgan fingerprint density at radius 2 is 1.88 bits per heavy atom. The molecule has 0 saturated carbocycles. The van der Waals surface area contributed by atoms with Crippen molar-refractivity contribution in [1.82, 2.24) is 5.32 Å². The molecular formula is C11H21NO4. The highest BCUT2D eigenvalue weighted by molar-refractivity contribution is 5.77. The Balaban J connectivity index is 3.87. The third-order valence-electron chi connectivity index (χ3n) is 2.25. The van der Waals surface area contributed by atoms with Crippen LogP contribution in [0.2, 0.25) is 0 Å². The molecule has 5 heteroatoms. The number of hydrogen-bond acceptors (Lipinski definition) is 3. The van der Waals surface area contributed by atoms with Gasteiger partial charge in [0.05, 0.1) is 0 Å². The smallest absolute Gasteiger partial charge is 0.303 e. The molecule has 0 aromatic carbocycles. The summed E-state index contributed by atoms with van der Waals surface area (Å²) in [5.41, 5.74) is -0.342. The van der Waals surface area contributed by atoms with Crippen LogP contribution < -0.4 is 5.32 Å². The zero-order chi connectivity index (χ0) is 12.8. The molecule has 16 heavy (non-hydrogen) atoms. The Hall–Kier alpha value is -1.10. The van der Waals surface area contributed by atoms with Gasteiger partial charge in [0, 0.05) is 31.4 Å². The van der Waals surface area contributed by atoms with Crippen molar-refractivity contribution in [3.63, 3.8) is 0 Å². The van der Waals surface area contributed by atoms with Gasteiger partial charge in [0.15, 0.2) is 0 Å². The number of carboxylic acid groups (broad SMARTS) is 1. The van der Waals surface area contributed by atoms with Gasteiger partial charge < -0.3 is 15.5 Å². The minimum atomic E-state index is -0.893. The van der Waals surface area contributed by atoms with E-state index in [0.717, 1.165) is 0 Å². The first-order chi connectivity index (χ1) is 7.26. The van der Waals surface area contributed by atoms with Gasteiger partial charge in [-0.3, -0.25) is 9.59 Å². The molecule has 0 aromatic heterocycles. The number of aliphatic carboxylic acids is 1. The molecule has 0 heterocycles. The Kier molecular flexibility index (Phi) is 6.03. The number of carbonyl (C=O) groups excluding carboxylic acids is 1. The van der Waals surface area contributed by atoms with Crippen LogP contribution in [0, 0.1) is 11.3 Å². The Morgan fingerprint density at radius 3 is 2.31 bits per heavy atom. The first-order valence-corrected chi connectivity index (χ1v) is 5.36. The second-order valence-corrected chi connectivity index (χ2v) is 5.01. The van der Waals surface area contributed by atoms with Crippen molar-refractivity contribution in [3.05, 3.63) is 0 Å². The summed E-state index contributed by atoms with van der Waals surface area (Å²) in [7, 11) is 0. The van der Waals surface area contributed by atoms with Crippen LogP contribution in [-0.4, -0.2) is 35.2 Å². The lowest BCUT2D eigenvalue weighted by molar-refractivity contribution is -0.138. The molecule has 0 aliphatic heterocycles. The second kappa shape index (κ2) is 6.48. The maximum atomic E-state index is 11.4. The summed E-state index contributed by atoms with van der Waals surface area (Å²) in [6.45, 7) is 5.80. The molecule has 1 atom stereocenters. The summed E-state index contributed by atoms with van der Waals surface area (Å²) in [6, 6.07) is 0. The van der Waals surface area contributed by atoms with Crippen LogP contribution in [0.25, 0.3) is 0 Å². The van der Waals surface area contributed by atoms with Crippen LogP contribution in [0.5, 0.6) is 0 Å². The first-order valence-electron chi connectivity index (χ1n) is 5.36. The van der Waals surface area contributed by atoms with E-state index in [9.17, 15) is 9.59 Å². The minimum Gasteiger partial charge on any atom is -0.481 e. The highest BCUT2D eigenvalue weighted by Crippen LogP contribution is 2.12. The van der Waals surface area contributed by atoms with Crippen molar-refractivity contribution in [3.8, 4) is 0 Å². The van der Waals surface area contributed by atoms with Gasteiger partial charge in [0.1, 0.15) is 0 Å². The van der Waals surface area contributed by atoms with E-state index in [1.165, 1.54) is 0 Å². The number of carboxylic acids is 1. The highest BCUT2D eigenvalue weighted by Gasteiger charge is 2.18. The van der Waals surface area contributed by atoms with E-state index in [1.807, 2.05) is 13.8 Å². The van der Waals surface area contributed by atoms with Gasteiger partial charge >= 0.3 is 5.97 Å². The highest BCUT2D eigenvalue weighted by atomic mass is 16.4. The van der Waals surface area contributed by atoms with Crippen LogP contribution in [0.15, 0.2) is 0 Å². The lowest BCUT2D eigenvalue weighted by Gasteiger charge is -2.22. The maximum absolute atomic E-state index is 11.4. The van der Waals surface area contributed by atoms with Crippen LogP contribution in [0.1, 0.15) is 33.6 Å². The number of rotatable bonds is 7. The Labute approximate surface area is 95.9 Å². The first kappa shape index (κ1) is 14.9. The fraction of sp³-hybridized carbons (Fsp3) is 0.818. The molecule has 0 aliphatic carbocycles. The summed E-state index contributed by atoms with van der Waals surface area (Å²) >= 11 is 0. The van der Waals surface area contributed by atoms with Crippen molar-refractivity contribution in [2.24, 2.45) is 11.3 Å². The zero-order valence-electron chi connectivity index (χ0n) is 10.1. The van der Waals surface area contributed by atoms with Crippen molar-refractivity contribution in [2.75, 3.05) is 13.2 Å². The van der Waals surface area contributed by atoms with E-state index in [1.54, 1.807) is 6.92 Å². The van der Waals surface area contributed by atoms with E-state index in [-0.39, 0.29) is 36.7 Å². The molecule has 0 spiro atoms. The van der Waals surface area contributed by atoms with Gasteiger partial charge in [0.25, 0.3) is 0 Å². The number of amides is 1. The molecule has 0 aliphatic rings. The van der Waals surface area contributed by atoms with Gasteiger partial charge in [-0.1, -0.05) is 20.8 Å². The average molecular weight is 231 g/mol. The number of nitrogens with one attached hydrogen (secondary N) is 1. The SMILES string of the molecule is CC(CC(=O)O)CC(=O)NCC(C)(C)CO. The van der Waals surface area contributed by atoms with E-state index in [2.05, 4.69) is 5.32 Å². The Bertz CT molecular complexity index is 250. The number of aliphatic hydroxyl groups excluding tert-OH is 1. The summed E-state index contributed by atoms with van der Waals surface area (Å²) in [5, 5.41) is 20.2. The molecule has 5 nitrogen and oxygen atoms in total. The Morgan fingerprint density at radius 1 is 1.31 bits per heavy atom. The number of hydrogen-bond donors (Lipinski definition) is 3. The van der Waals surface area contributed by atoms with Crippen molar-refractivity contribution in [2.45, 2.75) is 33.6 Å². The predicted octanol–water partition coefficient (Wildman–Crippen LogP) is 0.622. The second-order valence-electron chi connectivity index (χ2n) is 5.01. The molecular weight excluding hydrogens is 210 g/mol. The maximum Gasteiger partial charge on any atom is 0.303 e. The summed E-state index contributed by atoms with van der Waals surface area (Å²) in [6.07, 6.45) is 0.199. The molecule has 94 valence electrons. The normalized spacial score (nSPS) is 13.2. The van der Waals surface area contributed by atoms with Gasteiger partial charge in [-0.2, -0.15) is 0 Å². The van der Waals surface area contributed by atoms with E-state index in [0.29, 0.717) is 6.54 Å². The van der Waals surface area contributed by atoms with Gasteiger partial charge in [0.2, 0.25) is 5.91 Å². The quantitative estimate of drug-likeness (QED) is 0.599. The van der Waals surface area contributed by atoms with Crippen LogP contribution in [-0.2, 0) is 9.59 Å². The third kappa shape index (κ3) is 7.23. The summed E-state index contributed by atoms with van der Waals surface area (Å²) < 4.78 is 0. The van der Waals surface area contributed by atoms with Crippen LogP contribution >= 0.6 is 0 Å². The molecule has 3 N–H and O–H groups in total. The molecule has 0 radical (unpaired) electrons. The van der Waals surface area contributed by atoms with E-state index >= 15 is 0 Å². The molecule has 1 amide bonds. The summed E-state index contributed by atoms with van der Waals surface area (Å²) in [4.78, 5) is 21.8. The van der Waals surface area contributed by atoms with E-state index in [4.69, 9.17) is 10.2 Å². The van der Waals surface area contributed by atoms with Crippen molar-refractivity contribution < 1.29 is 19.8 Å². The molecule has 0 rings (SSSR count). The lowest BCUT2D eigenvalue weighted by atomic mass is 9.94. The lowest BCUT2D eigenvalue weighted by Crippen LogP contribution is -2.36. The van der Waals surface area contributed by atoms with Crippen molar-refractivity contribution >= 4 is 11.9 Å². The average Bonchev–Trinajstić information content (AvgIpc) is 2.13. The fourth-order valence-electron chi connectivity index (χ4n) is 1.15. The minimum absolute atomic E-state index is 0.00202. The van der Waals surface area contributed by atoms with Gasteiger partial charge in [-0.15, -0.1) is 0 Å². The topological polar surface area (TPSA) is 86.6 Å². The standard InChI is InChI=1S/C11H21NO4/c1-8(5-10(15)16)4-9(14)12-6-11(2,3)7-13/h8,13H,4-7H2,1-3H3,(H,12,14)(H,15,16). The largest absolute Gasteiger partial charge is 0.481 e.